The molecule has 1 fully saturated rings. The Bertz CT molecular complexity index is 694. The third-order valence-electron chi connectivity index (χ3n) is 4.71. The Hall–Kier alpha value is -2.96. The molecule has 0 radical (unpaired) electrons. The van der Waals surface area contributed by atoms with Gasteiger partial charge in [0.25, 0.3) is 6.47 Å². The van der Waals surface area contributed by atoms with E-state index in [1.807, 2.05) is 37.3 Å². The first-order valence-corrected chi connectivity index (χ1v) is 9.72. The van der Waals surface area contributed by atoms with Crippen LogP contribution in [0.1, 0.15) is 38.7 Å². The van der Waals surface area contributed by atoms with Crippen molar-refractivity contribution in [3.8, 4) is 0 Å². The van der Waals surface area contributed by atoms with E-state index in [2.05, 4.69) is 10.1 Å². The fraction of sp³-hybridized carbons (Fsp3) is 0.455. The average Bonchev–Trinajstić information content (AvgIpc) is 2.76. The molecule has 29 heavy (non-hydrogen) atoms. The fourth-order valence-electron chi connectivity index (χ4n) is 2.98. The van der Waals surface area contributed by atoms with E-state index < -0.39 is 6.04 Å². The molecule has 7 nitrogen and oxygen atoms in total. The number of ether oxygens (including phenoxy) is 1. The van der Waals surface area contributed by atoms with E-state index in [-0.39, 0.29) is 23.5 Å². The number of hydrogen-bond donors (Lipinski definition) is 1. The van der Waals surface area contributed by atoms with Gasteiger partial charge >= 0.3 is 0 Å². The molecular formula is C22H30N2O5. The molecule has 0 aromatic heterocycles. The largest absolute Gasteiger partial charge is 0.471 e. The number of likely N-dealkylation sites (tertiary alicyclic amines) is 1. The zero-order valence-corrected chi connectivity index (χ0v) is 17.3. The van der Waals surface area contributed by atoms with Crippen LogP contribution in [0.15, 0.2) is 36.4 Å². The van der Waals surface area contributed by atoms with Crippen molar-refractivity contribution in [2.75, 3.05) is 20.2 Å². The summed E-state index contributed by atoms with van der Waals surface area (Å²) >= 11 is 0. The Kier molecular flexibility index (Phi) is 11.0. The Balaban J connectivity index is 0.000000960. The number of rotatable bonds is 7. The normalized spacial score (nSPS) is 15.1. The molecule has 2 rings (SSSR count). The molecule has 1 aliphatic rings. The van der Waals surface area contributed by atoms with Gasteiger partial charge in [-0.25, -0.2) is 0 Å². The monoisotopic (exact) mass is 402 g/mol. The number of hydrogen-bond acceptors (Lipinski definition) is 5. The van der Waals surface area contributed by atoms with Crippen LogP contribution in [0.2, 0.25) is 0 Å². The number of Topliss-reactive ketones (excluding diaryl/α,β-unsaturated/α-hetero) is 1. The second kappa shape index (κ2) is 13.3. The number of amides is 2. The highest BCUT2D eigenvalue weighted by Gasteiger charge is 2.28. The first kappa shape index (κ1) is 24.1. The van der Waals surface area contributed by atoms with Gasteiger partial charge in [0, 0.05) is 25.1 Å². The van der Waals surface area contributed by atoms with Crippen LogP contribution < -0.4 is 5.32 Å². The highest BCUT2D eigenvalue weighted by atomic mass is 16.5. The molecule has 1 atom stereocenters. The van der Waals surface area contributed by atoms with Crippen LogP contribution in [-0.2, 0) is 23.9 Å². The van der Waals surface area contributed by atoms with E-state index in [4.69, 9.17) is 4.79 Å². The zero-order valence-electron chi connectivity index (χ0n) is 17.3. The van der Waals surface area contributed by atoms with Crippen molar-refractivity contribution in [1.29, 1.82) is 0 Å². The molecule has 0 spiro atoms. The first-order valence-electron chi connectivity index (χ1n) is 9.72. The third kappa shape index (κ3) is 8.72. The lowest BCUT2D eigenvalue weighted by Gasteiger charge is -2.31. The summed E-state index contributed by atoms with van der Waals surface area (Å²) in [5.41, 5.74) is 0.986. The minimum Gasteiger partial charge on any atom is -0.471 e. The zero-order chi connectivity index (χ0) is 21.6. The molecular weight excluding hydrogens is 372 g/mol. The molecule has 7 heteroatoms. The molecule has 1 unspecified atom stereocenters. The Morgan fingerprint density at radius 1 is 1.21 bits per heavy atom. The van der Waals surface area contributed by atoms with Crippen molar-refractivity contribution < 1.29 is 23.9 Å². The molecule has 2 amide bonds. The number of carbonyl (C=O) groups excluding carboxylic acids is 4. The average molecular weight is 402 g/mol. The van der Waals surface area contributed by atoms with Gasteiger partial charge in [0.1, 0.15) is 0 Å². The smallest absolute Gasteiger partial charge is 0.292 e. The van der Waals surface area contributed by atoms with E-state index in [1.165, 1.54) is 14.0 Å². The number of benzene rings is 1. The molecule has 1 N–H and O–H groups in total. The van der Waals surface area contributed by atoms with Gasteiger partial charge in [-0.3, -0.25) is 19.2 Å². The van der Waals surface area contributed by atoms with Crippen molar-refractivity contribution in [3.63, 3.8) is 0 Å². The Morgan fingerprint density at radius 2 is 1.79 bits per heavy atom. The van der Waals surface area contributed by atoms with Crippen molar-refractivity contribution >= 4 is 30.1 Å². The lowest BCUT2D eigenvalue weighted by Crippen LogP contribution is -2.46. The Labute approximate surface area is 172 Å². The predicted molar refractivity (Wildman–Crippen MR) is 111 cm³/mol. The molecule has 1 aromatic carbocycles. The Morgan fingerprint density at radius 3 is 2.28 bits per heavy atom. The maximum Gasteiger partial charge on any atom is 0.292 e. The van der Waals surface area contributed by atoms with Crippen LogP contribution in [0.5, 0.6) is 0 Å². The molecule has 0 saturated carbocycles. The molecule has 0 bridgehead atoms. The van der Waals surface area contributed by atoms with Gasteiger partial charge in [0.2, 0.25) is 11.8 Å². The predicted octanol–water partition coefficient (Wildman–Crippen LogP) is 2.21. The number of carbonyl (C=O) groups is 4. The highest BCUT2D eigenvalue weighted by Crippen LogP contribution is 2.18. The minimum absolute atomic E-state index is 0.0190. The van der Waals surface area contributed by atoms with Crippen LogP contribution >= 0.6 is 0 Å². The third-order valence-corrected chi connectivity index (χ3v) is 4.71. The van der Waals surface area contributed by atoms with E-state index >= 15 is 0 Å². The SMILES string of the molecule is CCC(NC(=O)C1CCN(C(=O)/C=C/c2ccccc2)CC1)C(C)=O.COC=O. The maximum atomic E-state index is 12.3. The van der Waals surface area contributed by atoms with Crippen LogP contribution in [0.3, 0.4) is 0 Å². The van der Waals surface area contributed by atoms with Crippen LogP contribution in [0, 0.1) is 5.92 Å². The van der Waals surface area contributed by atoms with Gasteiger partial charge < -0.3 is 15.0 Å². The van der Waals surface area contributed by atoms with E-state index in [0.717, 1.165) is 5.56 Å². The van der Waals surface area contributed by atoms with Crippen LogP contribution in [-0.4, -0.2) is 55.2 Å². The van der Waals surface area contributed by atoms with Crippen molar-refractivity contribution in [2.45, 2.75) is 39.2 Å². The van der Waals surface area contributed by atoms with Gasteiger partial charge in [-0.2, -0.15) is 0 Å². The van der Waals surface area contributed by atoms with Gasteiger partial charge in [0.05, 0.1) is 13.2 Å². The lowest BCUT2D eigenvalue weighted by atomic mass is 9.95. The summed E-state index contributed by atoms with van der Waals surface area (Å²) in [6, 6.07) is 9.28. The second-order valence-electron chi connectivity index (χ2n) is 6.76. The standard InChI is InChI=1S/C20H26N2O3.C2H4O2/c1-3-18(15(2)23)21-20(25)17-11-13-22(14-12-17)19(24)10-9-16-7-5-4-6-8-16;1-4-2-3/h4-10,17-18H,3,11-14H2,1-2H3,(H,21,25);2H,1H3/b10-9+;. The molecule has 1 aliphatic heterocycles. The topological polar surface area (TPSA) is 92.8 Å². The molecule has 158 valence electrons. The van der Waals surface area contributed by atoms with Crippen molar-refractivity contribution in [1.82, 2.24) is 10.2 Å². The molecule has 1 aromatic rings. The number of nitrogens with one attached hydrogen (secondary N) is 1. The van der Waals surface area contributed by atoms with Gasteiger partial charge in [0.15, 0.2) is 5.78 Å². The lowest BCUT2D eigenvalue weighted by molar-refractivity contribution is -0.133. The maximum absolute atomic E-state index is 12.3. The first-order chi connectivity index (χ1) is 13.9. The molecule has 1 heterocycles. The van der Waals surface area contributed by atoms with Crippen LogP contribution in [0.25, 0.3) is 6.08 Å². The number of piperidine rings is 1. The molecule has 0 aliphatic carbocycles. The van der Waals surface area contributed by atoms with Gasteiger partial charge in [-0.15, -0.1) is 0 Å². The summed E-state index contributed by atoms with van der Waals surface area (Å²) in [7, 11) is 1.31. The van der Waals surface area contributed by atoms with Gasteiger partial charge in [-0.1, -0.05) is 37.3 Å². The number of ketones is 1. The van der Waals surface area contributed by atoms with Crippen molar-refractivity contribution in [3.05, 3.63) is 42.0 Å². The molecule has 1 saturated heterocycles. The van der Waals surface area contributed by atoms with Crippen molar-refractivity contribution in [2.24, 2.45) is 5.92 Å². The quantitative estimate of drug-likeness (QED) is 0.558. The highest BCUT2D eigenvalue weighted by molar-refractivity contribution is 5.92. The summed E-state index contributed by atoms with van der Waals surface area (Å²) < 4.78 is 3.86. The van der Waals surface area contributed by atoms with E-state index in [0.29, 0.717) is 38.8 Å². The number of methoxy groups -OCH3 is 1. The van der Waals surface area contributed by atoms with E-state index in [9.17, 15) is 14.4 Å². The summed E-state index contributed by atoms with van der Waals surface area (Å²) in [5, 5.41) is 2.82. The number of nitrogens with zero attached hydrogens (tertiary/aromatic N) is 1. The second-order valence-corrected chi connectivity index (χ2v) is 6.76. The van der Waals surface area contributed by atoms with Crippen LogP contribution in [0.4, 0.5) is 0 Å². The van der Waals surface area contributed by atoms with E-state index in [1.54, 1.807) is 17.1 Å². The minimum atomic E-state index is -0.402. The summed E-state index contributed by atoms with van der Waals surface area (Å²) in [5.74, 6) is -0.253. The summed E-state index contributed by atoms with van der Waals surface area (Å²) in [6.45, 7) is 4.88. The van der Waals surface area contributed by atoms with Gasteiger partial charge in [-0.05, 0) is 37.8 Å². The summed E-state index contributed by atoms with van der Waals surface area (Å²) in [4.78, 5) is 46.7. The fourth-order valence-corrected chi connectivity index (χ4v) is 2.98. The summed E-state index contributed by atoms with van der Waals surface area (Å²) in [6.07, 6.45) is 5.25.